The van der Waals surface area contributed by atoms with Crippen LogP contribution in [0.3, 0.4) is 0 Å². The van der Waals surface area contributed by atoms with Crippen molar-refractivity contribution in [3.05, 3.63) is 41.1 Å². The minimum absolute atomic E-state index is 0.0675. The molecule has 1 aromatic carbocycles. The van der Waals surface area contributed by atoms with Crippen LogP contribution in [0.25, 0.3) is 11.0 Å². The first-order valence-electron chi connectivity index (χ1n) is 7.40. The Morgan fingerprint density at radius 3 is 3.14 bits per heavy atom. The summed E-state index contributed by atoms with van der Waals surface area (Å²) in [6.45, 7) is 5.07. The topological polar surface area (TPSA) is 51.5 Å². The average Bonchev–Trinajstić information content (AvgIpc) is 2.84. The van der Waals surface area contributed by atoms with Crippen molar-refractivity contribution in [2.45, 2.75) is 19.8 Å². The molecule has 22 heavy (non-hydrogen) atoms. The van der Waals surface area contributed by atoms with Crippen molar-refractivity contribution in [3.63, 3.8) is 0 Å². The molecule has 0 radical (unpaired) electrons. The number of anilines is 1. The molecule has 0 saturated heterocycles. The fourth-order valence-corrected chi connectivity index (χ4v) is 3.13. The number of hydrogen-bond acceptors (Lipinski definition) is 4. The quantitative estimate of drug-likeness (QED) is 0.675. The first-order chi connectivity index (χ1) is 10.6. The molecule has 2 aromatic rings. The van der Waals surface area contributed by atoms with E-state index in [-0.39, 0.29) is 17.8 Å². The Kier molecular flexibility index (Phi) is 4.12. The van der Waals surface area contributed by atoms with Gasteiger partial charge >= 0.3 is 5.97 Å². The predicted octanol–water partition coefficient (Wildman–Crippen LogP) is 4.35. The largest absolute Gasteiger partial charge is 0.464 e. The third-order valence-corrected chi connectivity index (χ3v) is 4.33. The number of esters is 1. The lowest BCUT2D eigenvalue weighted by atomic mass is 9.87. The molecule has 0 amide bonds. The van der Waals surface area contributed by atoms with Crippen molar-refractivity contribution in [2.75, 3.05) is 18.5 Å². The second kappa shape index (κ2) is 6.05. The number of carbonyl (C=O) groups is 1. The Labute approximate surface area is 134 Å². The number of allylic oxidation sites excluding steroid dienone is 1. The summed E-state index contributed by atoms with van der Waals surface area (Å²) in [7, 11) is 0. The Balaban J connectivity index is 2.05. The number of hydrogen-bond donors (Lipinski definition) is 1. The minimum Gasteiger partial charge on any atom is -0.464 e. The van der Waals surface area contributed by atoms with Crippen molar-refractivity contribution >= 4 is 34.2 Å². The van der Waals surface area contributed by atoms with E-state index in [1.165, 1.54) is 6.08 Å². The molecule has 1 aliphatic heterocycles. The minimum atomic E-state index is -0.321. The molecule has 1 aliphatic rings. The van der Waals surface area contributed by atoms with E-state index in [1.807, 2.05) is 18.2 Å². The van der Waals surface area contributed by atoms with Gasteiger partial charge < -0.3 is 14.5 Å². The van der Waals surface area contributed by atoms with Gasteiger partial charge in [-0.1, -0.05) is 24.6 Å². The van der Waals surface area contributed by atoms with Crippen LogP contribution in [-0.2, 0) is 9.53 Å². The molecule has 0 saturated carbocycles. The number of benzene rings is 1. The third-order valence-electron chi connectivity index (χ3n) is 4.02. The van der Waals surface area contributed by atoms with E-state index >= 15 is 0 Å². The molecular weight excluding hydrogens is 302 g/mol. The van der Waals surface area contributed by atoms with E-state index in [0.29, 0.717) is 11.6 Å². The van der Waals surface area contributed by atoms with Crippen molar-refractivity contribution in [2.24, 2.45) is 5.92 Å². The van der Waals surface area contributed by atoms with Crippen LogP contribution in [0.4, 0.5) is 5.69 Å². The number of nitrogens with one attached hydrogen (secondary N) is 1. The smallest absolute Gasteiger partial charge is 0.330 e. The Morgan fingerprint density at radius 2 is 2.36 bits per heavy atom. The second-order valence-corrected chi connectivity index (χ2v) is 5.89. The zero-order valence-electron chi connectivity index (χ0n) is 12.6. The van der Waals surface area contributed by atoms with Gasteiger partial charge in [-0.3, -0.25) is 0 Å². The van der Waals surface area contributed by atoms with Gasteiger partial charge in [-0.05, 0) is 25.0 Å². The molecule has 0 spiro atoms. The van der Waals surface area contributed by atoms with Crippen LogP contribution < -0.4 is 5.32 Å². The van der Waals surface area contributed by atoms with Gasteiger partial charge in [0.05, 0.1) is 23.6 Å². The number of rotatable bonds is 3. The Hall–Kier alpha value is -1.94. The van der Waals surface area contributed by atoms with Crippen LogP contribution in [0.15, 0.2) is 35.0 Å². The van der Waals surface area contributed by atoms with Crippen LogP contribution in [-0.4, -0.2) is 19.1 Å². The fraction of sp³-hybridized carbons (Fsp3) is 0.353. The van der Waals surface area contributed by atoms with Crippen LogP contribution in [0.2, 0.25) is 5.02 Å². The monoisotopic (exact) mass is 319 g/mol. The van der Waals surface area contributed by atoms with E-state index in [1.54, 1.807) is 13.2 Å². The Bertz CT molecular complexity index is 735. The molecular formula is C17H18ClNO3. The first kappa shape index (κ1) is 15.0. The molecule has 3 rings (SSSR count). The Morgan fingerprint density at radius 1 is 1.55 bits per heavy atom. The van der Waals surface area contributed by atoms with Crippen LogP contribution in [0, 0.1) is 5.92 Å². The lowest BCUT2D eigenvalue weighted by Gasteiger charge is -2.17. The number of halogens is 1. The van der Waals surface area contributed by atoms with E-state index in [0.717, 1.165) is 28.8 Å². The van der Waals surface area contributed by atoms with E-state index in [9.17, 15) is 4.79 Å². The summed E-state index contributed by atoms with van der Waals surface area (Å²) >= 11 is 6.31. The summed E-state index contributed by atoms with van der Waals surface area (Å²) < 4.78 is 10.6. The number of furan rings is 1. The molecule has 2 heterocycles. The highest BCUT2D eigenvalue weighted by atomic mass is 35.5. The molecule has 0 aliphatic carbocycles. The number of carbonyl (C=O) groups excluding carboxylic acids is 1. The summed E-state index contributed by atoms with van der Waals surface area (Å²) in [5, 5.41) is 5.07. The van der Waals surface area contributed by atoms with Crippen molar-refractivity contribution in [1.29, 1.82) is 0 Å². The SMILES string of the molecule is CCOC(=O)C=CC1c2coc3ccc(Cl)c(c23)NCC1C. The maximum absolute atomic E-state index is 11.6. The molecule has 2 atom stereocenters. The van der Waals surface area contributed by atoms with E-state index in [2.05, 4.69) is 12.2 Å². The van der Waals surface area contributed by atoms with Crippen molar-refractivity contribution < 1.29 is 13.9 Å². The summed E-state index contributed by atoms with van der Waals surface area (Å²) in [6.07, 6.45) is 5.15. The lowest BCUT2D eigenvalue weighted by molar-refractivity contribution is -0.137. The fourth-order valence-electron chi connectivity index (χ4n) is 2.91. The molecule has 1 aromatic heterocycles. The zero-order chi connectivity index (χ0) is 15.7. The van der Waals surface area contributed by atoms with Crippen LogP contribution in [0.1, 0.15) is 25.3 Å². The van der Waals surface area contributed by atoms with E-state index in [4.69, 9.17) is 20.8 Å². The molecule has 5 heteroatoms. The van der Waals surface area contributed by atoms with Gasteiger partial charge in [0.25, 0.3) is 0 Å². The van der Waals surface area contributed by atoms with Crippen molar-refractivity contribution in [3.8, 4) is 0 Å². The highest BCUT2D eigenvalue weighted by molar-refractivity contribution is 6.35. The van der Waals surface area contributed by atoms with E-state index < -0.39 is 0 Å². The number of ether oxygens (including phenoxy) is 1. The molecule has 0 fully saturated rings. The molecule has 2 unspecified atom stereocenters. The summed E-state index contributed by atoms with van der Waals surface area (Å²) in [5.74, 6) is 0.0331. The average molecular weight is 320 g/mol. The summed E-state index contributed by atoms with van der Waals surface area (Å²) in [4.78, 5) is 11.6. The third kappa shape index (κ3) is 2.59. The van der Waals surface area contributed by atoms with Gasteiger partial charge in [0.2, 0.25) is 0 Å². The van der Waals surface area contributed by atoms with Gasteiger partial charge in [0, 0.05) is 29.5 Å². The maximum Gasteiger partial charge on any atom is 0.330 e. The maximum atomic E-state index is 11.6. The highest BCUT2D eigenvalue weighted by Crippen LogP contribution is 2.42. The first-order valence-corrected chi connectivity index (χ1v) is 7.78. The van der Waals surface area contributed by atoms with Crippen LogP contribution >= 0.6 is 11.6 Å². The van der Waals surface area contributed by atoms with Gasteiger partial charge in [0.15, 0.2) is 0 Å². The van der Waals surface area contributed by atoms with Crippen molar-refractivity contribution in [1.82, 2.24) is 0 Å². The van der Waals surface area contributed by atoms with Gasteiger partial charge in [-0.25, -0.2) is 4.79 Å². The van der Waals surface area contributed by atoms with Crippen LogP contribution in [0.5, 0.6) is 0 Å². The zero-order valence-corrected chi connectivity index (χ0v) is 13.3. The van der Waals surface area contributed by atoms with Gasteiger partial charge in [-0.2, -0.15) is 0 Å². The predicted molar refractivity (Wildman–Crippen MR) is 87.4 cm³/mol. The summed E-state index contributed by atoms with van der Waals surface area (Å²) in [6, 6.07) is 3.70. The molecule has 4 nitrogen and oxygen atoms in total. The lowest BCUT2D eigenvalue weighted by Crippen LogP contribution is -2.15. The standard InChI is InChI=1S/C17H18ClNO3/c1-3-21-15(20)7-4-11-10(2)8-19-17-13(18)5-6-14-16(17)12(11)9-22-14/h4-7,9-11,19H,3,8H2,1-2H3. The summed E-state index contributed by atoms with van der Waals surface area (Å²) in [5.41, 5.74) is 2.75. The molecule has 116 valence electrons. The normalized spacial score (nSPS) is 20.9. The molecule has 0 bridgehead atoms. The highest BCUT2D eigenvalue weighted by Gasteiger charge is 2.27. The second-order valence-electron chi connectivity index (χ2n) is 5.48. The van der Waals surface area contributed by atoms with Gasteiger partial charge in [0.1, 0.15) is 5.58 Å². The molecule has 1 N–H and O–H groups in total. The van der Waals surface area contributed by atoms with Gasteiger partial charge in [-0.15, -0.1) is 0 Å².